The maximum absolute atomic E-state index is 12.3. The van der Waals surface area contributed by atoms with Gasteiger partial charge in [-0.2, -0.15) is 0 Å². The molecule has 24 heavy (non-hydrogen) atoms. The fourth-order valence-electron chi connectivity index (χ4n) is 2.62. The molecule has 0 unspecified atom stereocenters. The van der Waals surface area contributed by atoms with Crippen molar-refractivity contribution in [3.63, 3.8) is 0 Å². The Morgan fingerprint density at radius 1 is 1.38 bits per heavy atom. The lowest BCUT2D eigenvalue weighted by molar-refractivity contribution is 0.186. The lowest BCUT2D eigenvalue weighted by Gasteiger charge is -2.29. The zero-order valence-corrected chi connectivity index (χ0v) is 14.9. The highest BCUT2D eigenvalue weighted by atomic mass is 32.2. The molecule has 0 bridgehead atoms. The molecule has 1 aromatic carbocycles. The number of aliphatic hydroxyl groups is 1. The average molecular weight is 355 g/mol. The summed E-state index contributed by atoms with van der Waals surface area (Å²) >= 11 is 0. The van der Waals surface area contributed by atoms with E-state index in [-0.39, 0.29) is 17.5 Å². The van der Waals surface area contributed by atoms with Gasteiger partial charge in [0.2, 0.25) is 10.0 Å². The zero-order valence-electron chi connectivity index (χ0n) is 14.1. The number of amides is 2. The number of rotatable bonds is 6. The monoisotopic (exact) mass is 355 g/mol. The van der Waals surface area contributed by atoms with E-state index in [0.29, 0.717) is 32.5 Å². The molecule has 2 amide bonds. The maximum Gasteiger partial charge on any atom is 0.317 e. The van der Waals surface area contributed by atoms with Gasteiger partial charge in [-0.15, -0.1) is 0 Å². The van der Waals surface area contributed by atoms with Crippen LogP contribution in [-0.2, 0) is 23.0 Å². The van der Waals surface area contributed by atoms with Crippen molar-refractivity contribution in [2.24, 2.45) is 0 Å². The highest BCUT2D eigenvalue weighted by Crippen LogP contribution is 2.22. The Morgan fingerprint density at radius 2 is 2.12 bits per heavy atom. The van der Waals surface area contributed by atoms with Crippen LogP contribution in [0.2, 0.25) is 0 Å². The van der Waals surface area contributed by atoms with Gasteiger partial charge in [0.05, 0.1) is 11.0 Å². The minimum atomic E-state index is -3.62. The van der Waals surface area contributed by atoms with Crippen molar-refractivity contribution in [2.75, 3.05) is 19.6 Å². The first kappa shape index (κ1) is 18.7. The standard InChI is InChI=1S/C16H25N3O4S/c1-3-17-16(21)19-9-7-13-4-5-15(10-14(13)11-19)24(22,23)18-8-6-12(2)20/h4-5,10,12,18,20H,3,6-9,11H2,1-2H3,(H,17,21)/t12-/m0/s1. The smallest absolute Gasteiger partial charge is 0.317 e. The number of hydrogen-bond donors (Lipinski definition) is 3. The molecule has 1 aromatic rings. The normalized spacial score (nSPS) is 15.7. The molecule has 134 valence electrons. The lowest BCUT2D eigenvalue weighted by atomic mass is 10.0. The minimum absolute atomic E-state index is 0.133. The van der Waals surface area contributed by atoms with E-state index >= 15 is 0 Å². The number of nitrogens with zero attached hydrogens (tertiary/aromatic N) is 1. The number of hydrogen-bond acceptors (Lipinski definition) is 4. The lowest BCUT2D eigenvalue weighted by Crippen LogP contribution is -2.42. The number of carbonyl (C=O) groups is 1. The molecule has 0 aliphatic carbocycles. The molecule has 7 nitrogen and oxygen atoms in total. The zero-order chi connectivity index (χ0) is 17.7. The van der Waals surface area contributed by atoms with Crippen LogP contribution in [0.4, 0.5) is 4.79 Å². The van der Waals surface area contributed by atoms with Crippen molar-refractivity contribution in [1.29, 1.82) is 0 Å². The second-order valence-electron chi connectivity index (χ2n) is 5.97. The van der Waals surface area contributed by atoms with E-state index in [1.807, 2.05) is 13.0 Å². The fourth-order valence-corrected chi connectivity index (χ4v) is 3.72. The third-order valence-corrected chi connectivity index (χ3v) is 5.43. The molecule has 0 saturated carbocycles. The molecular weight excluding hydrogens is 330 g/mol. The summed E-state index contributed by atoms with van der Waals surface area (Å²) < 4.78 is 27.2. The van der Waals surface area contributed by atoms with Crippen molar-refractivity contribution >= 4 is 16.1 Å². The number of sulfonamides is 1. The highest BCUT2D eigenvalue weighted by molar-refractivity contribution is 7.89. The van der Waals surface area contributed by atoms with Crippen molar-refractivity contribution in [1.82, 2.24) is 14.9 Å². The topological polar surface area (TPSA) is 98.7 Å². The van der Waals surface area contributed by atoms with Gasteiger partial charge in [-0.3, -0.25) is 0 Å². The van der Waals surface area contributed by atoms with Gasteiger partial charge < -0.3 is 15.3 Å². The Kier molecular flexibility index (Phi) is 6.20. The summed E-state index contributed by atoms with van der Waals surface area (Å²) in [5, 5.41) is 12.0. The molecule has 0 saturated heterocycles. The molecular formula is C16H25N3O4S. The second kappa shape index (κ2) is 7.96. The third kappa shape index (κ3) is 4.68. The highest BCUT2D eigenvalue weighted by Gasteiger charge is 2.22. The first-order valence-electron chi connectivity index (χ1n) is 8.15. The SMILES string of the molecule is CCNC(=O)N1CCc2ccc(S(=O)(=O)NCC[C@H](C)O)cc2C1. The van der Waals surface area contributed by atoms with Crippen LogP contribution in [0.25, 0.3) is 0 Å². The number of fused-ring (bicyclic) bond motifs is 1. The van der Waals surface area contributed by atoms with Gasteiger partial charge in [-0.05, 0) is 49.9 Å². The Bertz CT molecular complexity index is 689. The van der Waals surface area contributed by atoms with E-state index in [2.05, 4.69) is 10.0 Å². The van der Waals surface area contributed by atoms with Crippen molar-refractivity contribution in [3.05, 3.63) is 29.3 Å². The largest absolute Gasteiger partial charge is 0.393 e. The van der Waals surface area contributed by atoms with Gasteiger partial charge in [0.15, 0.2) is 0 Å². The third-order valence-electron chi connectivity index (χ3n) is 3.97. The molecule has 2 rings (SSSR count). The van der Waals surface area contributed by atoms with E-state index in [4.69, 9.17) is 0 Å². The Hall–Kier alpha value is -1.64. The summed E-state index contributed by atoms with van der Waals surface area (Å²) in [4.78, 5) is 13.8. The van der Waals surface area contributed by atoms with Crippen LogP contribution in [0.5, 0.6) is 0 Å². The van der Waals surface area contributed by atoms with Crippen molar-refractivity contribution in [3.8, 4) is 0 Å². The average Bonchev–Trinajstić information content (AvgIpc) is 2.53. The number of benzene rings is 1. The van der Waals surface area contributed by atoms with Gasteiger partial charge in [-0.1, -0.05) is 6.07 Å². The van der Waals surface area contributed by atoms with E-state index < -0.39 is 16.1 Å². The van der Waals surface area contributed by atoms with Gasteiger partial charge in [0.1, 0.15) is 0 Å². The van der Waals surface area contributed by atoms with E-state index in [1.165, 1.54) is 0 Å². The second-order valence-corrected chi connectivity index (χ2v) is 7.74. The number of nitrogens with one attached hydrogen (secondary N) is 2. The van der Waals surface area contributed by atoms with Crippen LogP contribution in [0.3, 0.4) is 0 Å². The van der Waals surface area contributed by atoms with Gasteiger partial charge in [0.25, 0.3) is 0 Å². The van der Waals surface area contributed by atoms with Crippen LogP contribution in [0.15, 0.2) is 23.1 Å². The molecule has 1 aliphatic rings. The molecule has 0 spiro atoms. The van der Waals surface area contributed by atoms with Gasteiger partial charge in [-0.25, -0.2) is 17.9 Å². The van der Waals surface area contributed by atoms with Crippen LogP contribution in [0, 0.1) is 0 Å². The predicted octanol–water partition coefficient (Wildman–Crippen LogP) is 0.823. The Balaban J connectivity index is 2.13. The summed E-state index contributed by atoms with van der Waals surface area (Å²) in [6, 6.07) is 4.90. The molecule has 1 heterocycles. The molecule has 1 atom stereocenters. The quantitative estimate of drug-likeness (QED) is 0.704. The molecule has 0 aromatic heterocycles. The molecule has 3 N–H and O–H groups in total. The Morgan fingerprint density at radius 3 is 2.79 bits per heavy atom. The van der Waals surface area contributed by atoms with Crippen LogP contribution < -0.4 is 10.0 Å². The maximum atomic E-state index is 12.3. The van der Waals surface area contributed by atoms with Crippen molar-refractivity contribution < 1.29 is 18.3 Å². The number of urea groups is 1. The summed E-state index contributed by atoms with van der Waals surface area (Å²) in [5.41, 5.74) is 1.92. The van der Waals surface area contributed by atoms with Gasteiger partial charge in [0, 0.05) is 26.2 Å². The van der Waals surface area contributed by atoms with Gasteiger partial charge >= 0.3 is 6.03 Å². The van der Waals surface area contributed by atoms with E-state index in [9.17, 15) is 18.3 Å². The summed E-state index contributed by atoms with van der Waals surface area (Å²) in [6.07, 6.45) is 0.513. The first-order valence-corrected chi connectivity index (χ1v) is 9.64. The van der Waals surface area contributed by atoms with Crippen molar-refractivity contribution in [2.45, 2.75) is 44.2 Å². The predicted molar refractivity (Wildman–Crippen MR) is 91.1 cm³/mol. The molecule has 0 radical (unpaired) electrons. The summed E-state index contributed by atoms with van der Waals surface area (Å²) in [7, 11) is -3.62. The Labute approximate surface area is 143 Å². The first-order chi connectivity index (χ1) is 11.3. The minimum Gasteiger partial charge on any atom is -0.393 e. The fraction of sp³-hybridized carbons (Fsp3) is 0.562. The molecule has 0 fully saturated rings. The number of aliphatic hydroxyl groups excluding tert-OH is 1. The molecule has 8 heteroatoms. The van der Waals surface area contributed by atoms with Crippen LogP contribution >= 0.6 is 0 Å². The van der Waals surface area contributed by atoms with E-state index in [1.54, 1.807) is 24.0 Å². The van der Waals surface area contributed by atoms with E-state index in [0.717, 1.165) is 11.1 Å². The van der Waals surface area contributed by atoms with Crippen LogP contribution in [-0.4, -0.2) is 50.2 Å². The van der Waals surface area contributed by atoms with Crippen LogP contribution in [0.1, 0.15) is 31.4 Å². The molecule has 1 aliphatic heterocycles. The number of carbonyl (C=O) groups excluding carboxylic acids is 1. The summed E-state index contributed by atoms with van der Waals surface area (Å²) in [5.74, 6) is 0. The summed E-state index contributed by atoms with van der Waals surface area (Å²) in [6.45, 7) is 5.24.